The van der Waals surface area contributed by atoms with Crippen molar-refractivity contribution in [3.05, 3.63) is 116 Å². The number of ether oxygens (including phenoxy) is 10. The van der Waals surface area contributed by atoms with Crippen molar-refractivity contribution in [3.63, 3.8) is 0 Å². The van der Waals surface area contributed by atoms with Crippen LogP contribution in [-0.2, 0) is 32.1 Å². The summed E-state index contributed by atoms with van der Waals surface area (Å²) in [6.07, 6.45) is 11.1. The van der Waals surface area contributed by atoms with Gasteiger partial charge in [-0.1, -0.05) is 138 Å². The lowest BCUT2D eigenvalue weighted by atomic mass is 9.94. The van der Waals surface area contributed by atoms with Gasteiger partial charge in [0.15, 0.2) is 0 Å². The van der Waals surface area contributed by atoms with Gasteiger partial charge in [0.2, 0.25) is 0 Å². The quantitative estimate of drug-likeness (QED) is 0.0336. The minimum Gasteiger partial charge on any atom is -0.493 e. The Bertz CT molecular complexity index is 2870. The molecule has 0 radical (unpaired) electrons. The third-order valence-electron chi connectivity index (χ3n) is 25.8. The van der Waals surface area contributed by atoms with Crippen LogP contribution in [0.5, 0.6) is 57.5 Å². The third kappa shape index (κ3) is 38.0. The zero-order chi connectivity index (χ0) is 90.4. The van der Waals surface area contributed by atoms with Gasteiger partial charge in [-0.2, -0.15) is 0 Å². The average molecular weight is 1740 g/mol. The zero-order valence-corrected chi connectivity index (χ0v) is 83.2. The second-order valence-corrected chi connectivity index (χ2v) is 33.5. The molecule has 5 aromatic carbocycles. The zero-order valence-electron chi connectivity index (χ0n) is 83.2. The highest BCUT2D eigenvalue weighted by Gasteiger charge is 2.27. The largest absolute Gasteiger partial charge is 0.493 e. The maximum absolute atomic E-state index is 7.38. The van der Waals surface area contributed by atoms with Crippen molar-refractivity contribution in [2.24, 2.45) is 0 Å². The molecule has 0 amide bonds. The normalized spacial score (nSPS) is 12.6. The minimum atomic E-state index is 0.494. The molecule has 0 aliphatic heterocycles. The highest BCUT2D eigenvalue weighted by molar-refractivity contribution is 5.60. The van der Waals surface area contributed by atoms with Gasteiger partial charge in [-0.25, -0.2) is 0 Å². The molecule has 0 fully saturated rings. The first kappa shape index (κ1) is 107. The Kier molecular flexibility index (Phi) is 54.7. The minimum absolute atomic E-state index is 0.494. The Morgan fingerprint density at radius 1 is 0.144 bits per heavy atom. The van der Waals surface area contributed by atoms with E-state index in [1.807, 2.05) is 0 Å². The molecule has 0 aromatic heterocycles. The van der Waals surface area contributed by atoms with Crippen LogP contribution in [0.25, 0.3) is 0 Å². The molecule has 10 aliphatic carbocycles. The summed E-state index contributed by atoms with van der Waals surface area (Å²) in [5.41, 5.74) is 10.3. The van der Waals surface area contributed by atoms with Crippen LogP contribution in [0.3, 0.4) is 0 Å². The Hall–Kier alpha value is -6.30. The number of hydrogen-bond donors (Lipinski definition) is 0. The van der Waals surface area contributed by atoms with Crippen molar-refractivity contribution < 1.29 is 47.4 Å². The highest BCUT2D eigenvalue weighted by Crippen LogP contribution is 2.44. The van der Waals surface area contributed by atoms with Gasteiger partial charge in [-0.05, 0) is 256 Å². The van der Waals surface area contributed by atoms with Crippen molar-refractivity contribution in [3.8, 4) is 57.5 Å². The first-order valence-corrected chi connectivity index (χ1v) is 50.4. The summed E-state index contributed by atoms with van der Waals surface area (Å²) in [5, 5.41) is 0. The molecule has 0 heterocycles. The summed E-state index contributed by atoms with van der Waals surface area (Å²) >= 11 is 0. The van der Waals surface area contributed by atoms with Crippen molar-refractivity contribution in [1.82, 2.24) is 49.0 Å². The fourth-order valence-corrected chi connectivity index (χ4v) is 17.1. The van der Waals surface area contributed by atoms with E-state index < -0.39 is 0 Å². The predicted molar refractivity (Wildman–Crippen MR) is 525 cm³/mol. The summed E-state index contributed by atoms with van der Waals surface area (Å²) < 4.78 is 73.8. The SMILES string of the molecule is CCN(CC)CCCOc1cc2c(OCCCN(CC)CC)cc1Cc1cc(OCCCN(CC)CC)c(cc1OCCCN(CC)CC)Cc1cc(OCCCN(CC)CC)c(cc1OCCCN(CC)CC)Cc1cc(OCCCN(CC)CC)c(cc1OCCCN(CC)CC)Cc1cc(OCCCN(CC)CC)c(cc1OCCCN(CC)CC)C2. The molecule has 10 bridgehead atoms. The van der Waals surface area contributed by atoms with E-state index in [1.54, 1.807) is 0 Å². The molecular weight excluding hydrogens is 1560 g/mol. The summed E-state index contributed by atoms with van der Waals surface area (Å²) in [6.45, 7) is 79.4. The lowest BCUT2D eigenvalue weighted by molar-refractivity contribution is 0.242. The van der Waals surface area contributed by atoms with E-state index in [-0.39, 0.29) is 0 Å². The van der Waals surface area contributed by atoms with E-state index in [0.717, 1.165) is 374 Å². The van der Waals surface area contributed by atoms with Gasteiger partial charge in [-0.3, -0.25) is 0 Å². The van der Waals surface area contributed by atoms with Gasteiger partial charge in [-0.15, -0.1) is 0 Å². The van der Waals surface area contributed by atoms with Crippen LogP contribution in [0.4, 0.5) is 0 Å². The van der Waals surface area contributed by atoms with Gasteiger partial charge >= 0.3 is 0 Å². The smallest absolute Gasteiger partial charge is 0.123 e. The van der Waals surface area contributed by atoms with Gasteiger partial charge in [0.05, 0.1) is 66.1 Å². The molecule has 10 aliphatic rings. The fourth-order valence-electron chi connectivity index (χ4n) is 17.1. The van der Waals surface area contributed by atoms with E-state index in [0.29, 0.717) is 98.2 Å². The first-order valence-electron chi connectivity index (χ1n) is 50.4. The monoisotopic (exact) mass is 1740 g/mol. The van der Waals surface area contributed by atoms with Crippen LogP contribution in [0.2, 0.25) is 0 Å². The molecule has 0 saturated carbocycles. The molecule has 0 atom stereocenters. The Balaban J connectivity index is 1.87. The molecule has 20 heteroatoms. The number of hydrogen-bond acceptors (Lipinski definition) is 20. The summed E-state index contributed by atoms with van der Waals surface area (Å²) in [7, 11) is 0. The van der Waals surface area contributed by atoms with Crippen molar-refractivity contribution >= 4 is 0 Å². The molecule has 710 valence electrons. The standard InChI is InChI=1S/C105H180N10O10/c1-21-106(22-2)51-41-61-116-96-76-87-72-89-79-101(121-66-46-56-111(31-11)32-12)91(81-100(89)120-65-45-55-110(29-9)30-10)74-93-83-105(125-70-50-60-115(39-19)40-20)95(85-104(93)124-69-49-59-114(37-17)38-18)75-94-84-102(122-67-47-57-112(33-13)34-14)92(82-103(94)123-68-48-58-113(35-15)36-16)73-90-80-98(118-63-43-53-108(25-5)26-6)88(78-99(90)119-64-44-54-109(27-7)28-8)71-86(96)77-97(87)117-62-42-52-107(23-3)24-4/h76-85H,21-75H2,1-20H3. The second kappa shape index (κ2) is 63.6. The lowest BCUT2D eigenvalue weighted by Crippen LogP contribution is -2.25. The van der Waals surface area contributed by atoms with E-state index in [9.17, 15) is 0 Å². The number of benzene rings is 5. The lowest BCUT2D eigenvalue weighted by Gasteiger charge is -2.24. The van der Waals surface area contributed by atoms with E-state index in [2.05, 4.69) is 248 Å². The van der Waals surface area contributed by atoms with Gasteiger partial charge in [0.25, 0.3) is 0 Å². The van der Waals surface area contributed by atoms with E-state index >= 15 is 0 Å². The maximum Gasteiger partial charge on any atom is 0.123 e. The van der Waals surface area contributed by atoms with Crippen LogP contribution in [0.1, 0.15) is 258 Å². The van der Waals surface area contributed by atoms with Crippen LogP contribution in [-0.4, -0.2) is 311 Å². The molecular formula is C105H180N10O10. The van der Waals surface area contributed by atoms with Gasteiger partial charge in [0.1, 0.15) is 57.5 Å². The van der Waals surface area contributed by atoms with E-state index in [4.69, 9.17) is 47.4 Å². The Labute approximate surface area is 763 Å². The molecule has 0 saturated heterocycles. The van der Waals surface area contributed by atoms with Crippen molar-refractivity contribution in [1.29, 1.82) is 0 Å². The molecule has 20 nitrogen and oxygen atoms in total. The highest BCUT2D eigenvalue weighted by atomic mass is 16.5. The molecule has 15 rings (SSSR count). The topological polar surface area (TPSA) is 125 Å². The van der Waals surface area contributed by atoms with Crippen LogP contribution in [0, 0.1) is 0 Å². The van der Waals surface area contributed by atoms with Gasteiger partial charge in [0, 0.05) is 153 Å². The van der Waals surface area contributed by atoms with Crippen LogP contribution in [0.15, 0.2) is 60.7 Å². The fraction of sp³-hybridized carbons (Fsp3) is 0.714. The third-order valence-corrected chi connectivity index (χ3v) is 25.8. The first-order chi connectivity index (χ1) is 61.1. The number of nitrogens with zero attached hydrogens (tertiary/aromatic N) is 10. The molecule has 125 heavy (non-hydrogen) atoms. The second-order valence-electron chi connectivity index (χ2n) is 33.5. The summed E-state index contributed by atoms with van der Waals surface area (Å²) in [4.78, 5) is 24.9. The van der Waals surface area contributed by atoms with Crippen molar-refractivity contribution in [2.75, 3.05) is 262 Å². The van der Waals surface area contributed by atoms with Crippen molar-refractivity contribution in [2.45, 2.75) is 235 Å². The Morgan fingerprint density at radius 3 is 0.296 bits per heavy atom. The van der Waals surface area contributed by atoms with Crippen LogP contribution < -0.4 is 47.4 Å². The molecule has 0 spiro atoms. The number of rotatable bonds is 70. The Morgan fingerprint density at radius 2 is 0.224 bits per heavy atom. The van der Waals surface area contributed by atoms with Crippen LogP contribution >= 0.6 is 0 Å². The molecule has 0 N–H and O–H groups in total. The molecule has 0 unspecified atom stereocenters. The summed E-state index contributed by atoms with van der Waals surface area (Å²) in [5.74, 6) is 8.30. The predicted octanol–water partition coefficient (Wildman–Crippen LogP) is 19.1. The maximum atomic E-state index is 7.38. The average Bonchev–Trinajstić information content (AvgIpc) is 1.62. The van der Waals surface area contributed by atoms with E-state index in [1.165, 1.54) is 0 Å². The van der Waals surface area contributed by atoms with Gasteiger partial charge < -0.3 is 96.4 Å². The summed E-state index contributed by atoms with van der Waals surface area (Å²) in [6, 6.07) is 23.1. The molecule has 5 aromatic rings.